The summed E-state index contributed by atoms with van der Waals surface area (Å²) in [6, 6.07) is 4.20. The summed E-state index contributed by atoms with van der Waals surface area (Å²) in [5.41, 5.74) is 0. The summed E-state index contributed by atoms with van der Waals surface area (Å²) in [4.78, 5) is 0. The molecular weight excluding hydrogens is 140 g/mol. The van der Waals surface area contributed by atoms with Crippen molar-refractivity contribution in [3.63, 3.8) is 0 Å². The van der Waals surface area contributed by atoms with E-state index in [2.05, 4.69) is 5.10 Å². The van der Waals surface area contributed by atoms with E-state index in [-0.39, 0.29) is 0 Å². The Bertz CT molecular complexity index is 253. The molecule has 3 nitrogen and oxygen atoms in total. The fraction of sp³-hybridized carbons (Fsp3) is 0.375. The Labute approximate surface area is 65.3 Å². The third-order valence-corrected chi connectivity index (χ3v) is 1.92. The van der Waals surface area contributed by atoms with Gasteiger partial charge in [0.05, 0.1) is 6.26 Å². The number of hydrogen-bond donors (Lipinski definition) is 0. The smallest absolute Gasteiger partial charge is 0.128 e. The molecule has 3 heteroatoms. The van der Waals surface area contributed by atoms with E-state index in [1.54, 1.807) is 6.26 Å². The number of hydrazone groups is 1. The predicted octanol–water partition coefficient (Wildman–Crippen LogP) is 1.64. The van der Waals surface area contributed by atoms with Crippen molar-refractivity contribution in [2.45, 2.75) is 12.5 Å². The Hall–Kier alpha value is -1.25. The first-order chi connectivity index (χ1) is 5.38. The fourth-order valence-electron chi connectivity index (χ4n) is 1.29. The number of hydrogen-bond acceptors (Lipinski definition) is 3. The van der Waals surface area contributed by atoms with Crippen molar-refractivity contribution in [2.75, 3.05) is 7.05 Å². The lowest BCUT2D eigenvalue weighted by atomic mass is 10.2. The Morgan fingerprint density at radius 1 is 1.73 bits per heavy atom. The summed E-state index contributed by atoms with van der Waals surface area (Å²) >= 11 is 0. The third-order valence-electron chi connectivity index (χ3n) is 1.92. The van der Waals surface area contributed by atoms with Crippen LogP contribution in [-0.4, -0.2) is 18.3 Å². The molecule has 0 radical (unpaired) electrons. The minimum atomic E-state index is 0.310. The predicted molar refractivity (Wildman–Crippen MR) is 42.3 cm³/mol. The van der Waals surface area contributed by atoms with Gasteiger partial charge in [0.15, 0.2) is 0 Å². The second-order valence-electron chi connectivity index (χ2n) is 2.64. The van der Waals surface area contributed by atoms with Crippen LogP contribution in [-0.2, 0) is 0 Å². The topological polar surface area (TPSA) is 28.7 Å². The first-order valence-corrected chi connectivity index (χ1v) is 3.66. The van der Waals surface area contributed by atoms with Crippen molar-refractivity contribution in [2.24, 2.45) is 5.10 Å². The van der Waals surface area contributed by atoms with Gasteiger partial charge in [-0.25, -0.2) is 0 Å². The minimum Gasteiger partial charge on any atom is -0.467 e. The zero-order valence-corrected chi connectivity index (χ0v) is 6.40. The summed E-state index contributed by atoms with van der Waals surface area (Å²) < 4.78 is 5.27. The van der Waals surface area contributed by atoms with Gasteiger partial charge in [-0.15, -0.1) is 0 Å². The number of nitrogens with zero attached hydrogens (tertiary/aromatic N) is 2. The van der Waals surface area contributed by atoms with Crippen LogP contribution >= 0.6 is 0 Å². The molecule has 0 spiro atoms. The van der Waals surface area contributed by atoms with Crippen molar-refractivity contribution < 1.29 is 4.42 Å². The molecule has 1 aliphatic rings. The molecule has 2 rings (SSSR count). The van der Waals surface area contributed by atoms with Crippen LogP contribution in [0.4, 0.5) is 0 Å². The van der Waals surface area contributed by atoms with E-state index in [0.29, 0.717) is 6.04 Å². The van der Waals surface area contributed by atoms with E-state index in [0.717, 1.165) is 12.2 Å². The van der Waals surface area contributed by atoms with Gasteiger partial charge in [0.2, 0.25) is 0 Å². The molecule has 1 aliphatic heterocycles. The molecule has 1 aromatic rings. The highest BCUT2D eigenvalue weighted by Crippen LogP contribution is 2.25. The summed E-state index contributed by atoms with van der Waals surface area (Å²) in [7, 11) is 1.96. The van der Waals surface area contributed by atoms with Gasteiger partial charge in [-0.1, -0.05) is 0 Å². The molecule has 0 aliphatic carbocycles. The lowest BCUT2D eigenvalue weighted by Crippen LogP contribution is -2.12. The SMILES string of the molecule is CN1N=CCC1c1ccco1. The summed E-state index contributed by atoms with van der Waals surface area (Å²) in [6.45, 7) is 0. The molecule has 0 N–H and O–H groups in total. The molecule has 0 saturated heterocycles. The van der Waals surface area contributed by atoms with Gasteiger partial charge >= 0.3 is 0 Å². The molecule has 58 valence electrons. The van der Waals surface area contributed by atoms with Crippen LogP contribution in [0.1, 0.15) is 18.2 Å². The maximum atomic E-state index is 5.27. The Morgan fingerprint density at radius 3 is 3.18 bits per heavy atom. The van der Waals surface area contributed by atoms with Crippen molar-refractivity contribution in [3.05, 3.63) is 24.2 Å². The summed E-state index contributed by atoms with van der Waals surface area (Å²) in [5, 5.41) is 6.04. The average molecular weight is 150 g/mol. The molecular formula is C8H10N2O. The molecule has 1 unspecified atom stereocenters. The highest BCUT2D eigenvalue weighted by molar-refractivity contribution is 5.60. The fourth-order valence-corrected chi connectivity index (χ4v) is 1.29. The highest BCUT2D eigenvalue weighted by Gasteiger charge is 2.20. The molecule has 0 saturated carbocycles. The highest BCUT2D eigenvalue weighted by atomic mass is 16.3. The second kappa shape index (κ2) is 2.42. The molecule has 0 aromatic carbocycles. The maximum absolute atomic E-state index is 5.27. The largest absolute Gasteiger partial charge is 0.467 e. The lowest BCUT2D eigenvalue weighted by molar-refractivity contribution is 0.253. The molecule has 2 heterocycles. The van der Waals surface area contributed by atoms with Crippen LogP contribution in [0.5, 0.6) is 0 Å². The Balaban J connectivity index is 2.19. The Morgan fingerprint density at radius 2 is 2.64 bits per heavy atom. The zero-order valence-electron chi connectivity index (χ0n) is 6.40. The van der Waals surface area contributed by atoms with E-state index in [4.69, 9.17) is 4.42 Å². The standard InChI is InChI=1S/C8H10N2O/c1-10-7(4-5-9-10)8-3-2-6-11-8/h2-3,5-7H,4H2,1H3. The van der Waals surface area contributed by atoms with Gasteiger partial charge < -0.3 is 4.42 Å². The second-order valence-corrected chi connectivity index (χ2v) is 2.64. The van der Waals surface area contributed by atoms with E-state index in [9.17, 15) is 0 Å². The first kappa shape index (κ1) is 6.46. The van der Waals surface area contributed by atoms with Gasteiger partial charge in [0.1, 0.15) is 11.8 Å². The van der Waals surface area contributed by atoms with Crippen LogP contribution in [0.15, 0.2) is 27.9 Å². The molecule has 11 heavy (non-hydrogen) atoms. The normalized spacial score (nSPS) is 23.0. The zero-order chi connectivity index (χ0) is 7.68. The van der Waals surface area contributed by atoms with E-state index in [1.165, 1.54) is 0 Å². The maximum Gasteiger partial charge on any atom is 0.128 e. The van der Waals surface area contributed by atoms with Crippen LogP contribution in [0.25, 0.3) is 0 Å². The van der Waals surface area contributed by atoms with Crippen molar-refractivity contribution in [1.29, 1.82) is 0 Å². The van der Waals surface area contributed by atoms with Gasteiger partial charge in [0, 0.05) is 19.7 Å². The van der Waals surface area contributed by atoms with E-state index in [1.807, 2.05) is 30.4 Å². The number of rotatable bonds is 1. The quantitative estimate of drug-likeness (QED) is 0.609. The van der Waals surface area contributed by atoms with E-state index >= 15 is 0 Å². The molecule has 1 atom stereocenters. The minimum absolute atomic E-state index is 0.310. The van der Waals surface area contributed by atoms with Gasteiger partial charge in [-0.2, -0.15) is 5.10 Å². The first-order valence-electron chi connectivity index (χ1n) is 3.66. The number of furan rings is 1. The van der Waals surface area contributed by atoms with Gasteiger partial charge in [0.25, 0.3) is 0 Å². The molecule has 0 bridgehead atoms. The van der Waals surface area contributed by atoms with Crippen LogP contribution in [0.3, 0.4) is 0 Å². The van der Waals surface area contributed by atoms with E-state index < -0.39 is 0 Å². The van der Waals surface area contributed by atoms with Crippen molar-refractivity contribution in [3.8, 4) is 0 Å². The Kier molecular flexibility index (Phi) is 1.42. The summed E-state index contributed by atoms with van der Waals surface area (Å²) in [6.07, 6.45) is 4.55. The molecule has 0 fully saturated rings. The monoisotopic (exact) mass is 150 g/mol. The van der Waals surface area contributed by atoms with Crippen LogP contribution in [0, 0.1) is 0 Å². The van der Waals surface area contributed by atoms with Crippen LogP contribution < -0.4 is 0 Å². The van der Waals surface area contributed by atoms with Gasteiger partial charge in [-0.05, 0) is 12.1 Å². The van der Waals surface area contributed by atoms with Crippen molar-refractivity contribution >= 4 is 6.21 Å². The lowest BCUT2D eigenvalue weighted by Gasteiger charge is -2.15. The molecule has 1 aromatic heterocycles. The van der Waals surface area contributed by atoms with Crippen LogP contribution in [0.2, 0.25) is 0 Å². The average Bonchev–Trinajstić information content (AvgIpc) is 2.55. The molecule has 0 amide bonds. The van der Waals surface area contributed by atoms with Crippen molar-refractivity contribution in [1.82, 2.24) is 5.01 Å². The third kappa shape index (κ3) is 1.02. The van der Waals surface area contributed by atoms with Gasteiger partial charge in [-0.3, -0.25) is 5.01 Å². The summed E-state index contributed by atoms with van der Waals surface area (Å²) in [5.74, 6) is 0.991.